The minimum absolute atomic E-state index is 0.00795. The number of phenols is 2. The third-order valence-corrected chi connectivity index (χ3v) is 12.5. The predicted octanol–water partition coefficient (Wildman–Crippen LogP) is 2.43. The van der Waals surface area contributed by atoms with Crippen molar-refractivity contribution in [3.05, 3.63) is 141 Å². The summed E-state index contributed by atoms with van der Waals surface area (Å²) in [6.45, 7) is 6.07. The number of rotatable bonds is 16. The van der Waals surface area contributed by atoms with E-state index in [2.05, 4.69) is 71.8 Å². The number of esters is 1. The number of carboxylic acids is 1. The second-order valence-electron chi connectivity index (χ2n) is 17.7. The summed E-state index contributed by atoms with van der Waals surface area (Å²) < 4.78 is 4.79. The van der Waals surface area contributed by atoms with Crippen LogP contribution in [0.2, 0.25) is 0 Å². The van der Waals surface area contributed by atoms with Gasteiger partial charge in [-0.25, -0.2) is 39.5 Å². The predicted molar refractivity (Wildman–Crippen MR) is 269 cm³/mol. The molecule has 0 fully saturated rings. The first-order valence-corrected chi connectivity index (χ1v) is 23.8. The van der Waals surface area contributed by atoms with Crippen LogP contribution in [0, 0.1) is 27.7 Å². The highest BCUT2D eigenvalue weighted by atomic mass is 16.5. The summed E-state index contributed by atoms with van der Waals surface area (Å²) in [6, 6.07) is 8.55. The Labute approximate surface area is 430 Å². The fourth-order valence-electron chi connectivity index (χ4n) is 8.77. The van der Waals surface area contributed by atoms with Crippen molar-refractivity contribution in [1.29, 1.82) is 0 Å². The SMILES string of the molecule is COC(=O)[C@H](CNC(=O)c1cnccn1)NC(=O)c1c(C)nc(NC2CCc3cccc(O)c3C2)nc1C.Cc1nc(NC2CCc3cccc(O)c3C2)nc(C)c1C(=O)N[C@@H](CNC(=O)c1cnccn1)C(=O)O. The minimum atomic E-state index is -1.39. The van der Waals surface area contributed by atoms with Gasteiger partial charge in [0.05, 0.1) is 53.4 Å². The van der Waals surface area contributed by atoms with E-state index < -0.39 is 47.7 Å². The number of aromatic nitrogens is 8. The number of aromatic hydroxyl groups is 2. The number of phenolic OH excluding ortho intramolecular Hbond substituents is 2. The molecule has 75 heavy (non-hydrogen) atoms. The molecule has 4 atom stereocenters. The number of methoxy groups -OCH3 is 1. The number of carboxylic acid groups (broad SMARTS) is 1. The molecule has 2 aromatic carbocycles. The summed E-state index contributed by atoms with van der Waals surface area (Å²) >= 11 is 0. The zero-order chi connectivity index (χ0) is 53.8. The van der Waals surface area contributed by atoms with Gasteiger partial charge in [0.2, 0.25) is 11.9 Å². The van der Waals surface area contributed by atoms with Gasteiger partial charge in [0.15, 0.2) is 0 Å². The lowest BCUT2D eigenvalue weighted by atomic mass is 9.88. The van der Waals surface area contributed by atoms with E-state index in [0.717, 1.165) is 47.9 Å². The van der Waals surface area contributed by atoms with Crippen LogP contribution < -0.4 is 31.9 Å². The quantitative estimate of drug-likeness (QED) is 0.0629. The lowest BCUT2D eigenvalue weighted by molar-refractivity contribution is -0.142. The van der Waals surface area contributed by atoms with Gasteiger partial charge in [-0.2, -0.15) is 0 Å². The lowest BCUT2D eigenvalue weighted by Crippen LogP contribution is -2.49. The van der Waals surface area contributed by atoms with Crippen LogP contribution in [0.5, 0.6) is 11.5 Å². The normalized spacial score (nSPS) is 15.2. The van der Waals surface area contributed by atoms with Gasteiger partial charge >= 0.3 is 11.9 Å². The molecule has 24 nitrogen and oxygen atoms in total. The molecular formula is C51H56N14O10. The molecule has 0 saturated carbocycles. The fourth-order valence-corrected chi connectivity index (χ4v) is 8.77. The summed E-state index contributed by atoms with van der Waals surface area (Å²) in [5.41, 5.74) is 6.14. The largest absolute Gasteiger partial charge is 0.508 e. The number of ether oxygens (including phenoxy) is 1. The summed E-state index contributed by atoms with van der Waals surface area (Å²) in [6.07, 6.45) is 12.6. The maximum Gasteiger partial charge on any atom is 0.330 e. The fraction of sp³-hybridized carbons (Fsp3) is 0.333. The number of aryl methyl sites for hydroxylation is 6. The first-order chi connectivity index (χ1) is 36.0. The number of aliphatic carboxylic acids is 1. The van der Waals surface area contributed by atoms with Crippen LogP contribution in [-0.2, 0) is 40.0 Å². The zero-order valence-electron chi connectivity index (χ0n) is 41.7. The van der Waals surface area contributed by atoms with Crippen molar-refractivity contribution in [3.8, 4) is 11.5 Å². The van der Waals surface area contributed by atoms with Crippen LogP contribution in [0.3, 0.4) is 0 Å². The second-order valence-corrected chi connectivity index (χ2v) is 17.7. The minimum Gasteiger partial charge on any atom is -0.508 e. The number of amides is 4. The van der Waals surface area contributed by atoms with Crippen molar-refractivity contribution >= 4 is 47.5 Å². The first-order valence-electron chi connectivity index (χ1n) is 23.8. The van der Waals surface area contributed by atoms with Gasteiger partial charge in [-0.05, 0) is 101 Å². The second kappa shape index (κ2) is 24.5. The highest BCUT2D eigenvalue weighted by Crippen LogP contribution is 2.31. The van der Waals surface area contributed by atoms with Gasteiger partial charge < -0.3 is 52.0 Å². The standard InChI is InChI=1S/C26H29N7O5.C25H27N7O5/c1-14-22(24(36)33-20(25(37)38-3)13-29-23(35)19-12-27-9-10-28-19)15(2)31-26(30-14)32-17-8-7-16-5-4-6-21(34)18(16)11-17;1-13-21(23(35)32-19(24(36)37)12-28-22(34)18-11-26-8-9-27-18)14(2)30-25(29-13)31-16-7-6-15-4-3-5-20(33)17(15)10-16/h4-6,9-10,12,17,20,34H,7-8,11,13H2,1-3H3,(H,29,35)(H,33,36)(H,30,31,32);3-5,8-9,11,16,19,33H,6-7,10,12H2,1-2H3,(H,28,34)(H,32,35)(H,36,37)(H,29,30,31)/t17?,20-;16?,19-/m00/s1. The molecule has 4 aromatic heterocycles. The molecular weight excluding hydrogens is 969 g/mol. The Bertz CT molecular complexity index is 3050. The molecule has 0 aliphatic heterocycles. The van der Waals surface area contributed by atoms with E-state index in [1.54, 1.807) is 39.8 Å². The van der Waals surface area contributed by atoms with Crippen LogP contribution >= 0.6 is 0 Å². The highest BCUT2D eigenvalue weighted by Gasteiger charge is 2.29. The van der Waals surface area contributed by atoms with Crippen molar-refractivity contribution in [2.24, 2.45) is 0 Å². The zero-order valence-corrected chi connectivity index (χ0v) is 41.7. The molecule has 24 heteroatoms. The Balaban J connectivity index is 0.000000219. The van der Waals surface area contributed by atoms with E-state index in [0.29, 0.717) is 47.5 Å². The monoisotopic (exact) mass is 1020 g/mol. The number of fused-ring (bicyclic) bond motifs is 2. The number of nitrogens with one attached hydrogen (secondary N) is 6. The molecule has 8 rings (SSSR count). The van der Waals surface area contributed by atoms with E-state index >= 15 is 0 Å². The van der Waals surface area contributed by atoms with Crippen LogP contribution in [0.4, 0.5) is 11.9 Å². The Morgan fingerprint density at radius 2 is 1.01 bits per heavy atom. The van der Waals surface area contributed by atoms with Crippen molar-refractivity contribution in [3.63, 3.8) is 0 Å². The van der Waals surface area contributed by atoms with Crippen LogP contribution in [-0.4, -0.2) is 135 Å². The Morgan fingerprint density at radius 1 is 0.600 bits per heavy atom. The van der Waals surface area contributed by atoms with Gasteiger partial charge in [-0.1, -0.05) is 24.3 Å². The smallest absolute Gasteiger partial charge is 0.330 e. The van der Waals surface area contributed by atoms with E-state index in [9.17, 15) is 44.1 Å². The summed E-state index contributed by atoms with van der Waals surface area (Å²) in [5.74, 6) is -3.18. The lowest BCUT2D eigenvalue weighted by Gasteiger charge is -2.26. The van der Waals surface area contributed by atoms with E-state index in [-0.39, 0.29) is 59.2 Å². The van der Waals surface area contributed by atoms with Gasteiger partial charge in [0, 0.05) is 50.0 Å². The first kappa shape index (κ1) is 53.6. The van der Waals surface area contributed by atoms with Crippen LogP contribution in [0.1, 0.15) is 99.6 Å². The van der Waals surface area contributed by atoms with Gasteiger partial charge in [0.25, 0.3) is 23.6 Å². The topological polar surface area (TPSA) is 348 Å². The van der Waals surface area contributed by atoms with Crippen LogP contribution in [0.15, 0.2) is 73.6 Å². The molecule has 0 radical (unpaired) electrons. The third-order valence-electron chi connectivity index (χ3n) is 12.5. The number of carbonyl (C=O) groups excluding carboxylic acids is 5. The molecule has 0 saturated heterocycles. The Hall–Kier alpha value is -9.22. The number of nitrogens with zero attached hydrogens (tertiary/aromatic N) is 8. The molecule has 0 spiro atoms. The van der Waals surface area contributed by atoms with E-state index in [1.807, 2.05) is 24.3 Å². The number of anilines is 2. The van der Waals surface area contributed by atoms with Crippen molar-refractivity contribution in [2.75, 3.05) is 30.8 Å². The molecule has 2 aliphatic rings. The van der Waals surface area contributed by atoms with Crippen molar-refractivity contribution in [1.82, 2.24) is 61.1 Å². The highest BCUT2D eigenvalue weighted by molar-refractivity contribution is 6.00. The van der Waals surface area contributed by atoms with Crippen molar-refractivity contribution in [2.45, 2.75) is 90.4 Å². The molecule has 390 valence electrons. The van der Waals surface area contributed by atoms with Gasteiger partial charge in [0.1, 0.15) is 35.0 Å². The average Bonchev–Trinajstić information content (AvgIpc) is 3.39. The maximum atomic E-state index is 13.1. The van der Waals surface area contributed by atoms with Crippen LogP contribution in [0.25, 0.3) is 0 Å². The summed E-state index contributed by atoms with van der Waals surface area (Å²) in [4.78, 5) is 108. The van der Waals surface area contributed by atoms with Crippen molar-refractivity contribution < 1.29 is 48.8 Å². The molecule has 2 aliphatic carbocycles. The van der Waals surface area contributed by atoms with Gasteiger partial charge in [-0.3, -0.25) is 29.1 Å². The third kappa shape index (κ3) is 13.6. The molecule has 4 amide bonds. The number of benzene rings is 2. The molecule has 2 unspecified atom stereocenters. The van der Waals surface area contributed by atoms with Gasteiger partial charge in [-0.15, -0.1) is 0 Å². The summed E-state index contributed by atoms with van der Waals surface area (Å²) in [5, 5.41) is 46.6. The summed E-state index contributed by atoms with van der Waals surface area (Å²) in [7, 11) is 1.19. The van der Waals surface area contributed by atoms with E-state index in [4.69, 9.17) is 4.74 Å². The number of hydrogen-bond donors (Lipinski definition) is 9. The Kier molecular flexibility index (Phi) is 17.5. The van der Waals surface area contributed by atoms with E-state index in [1.165, 1.54) is 44.3 Å². The number of hydrogen-bond acceptors (Lipinski definition) is 19. The number of carbonyl (C=O) groups is 6. The molecule has 6 aromatic rings. The molecule has 4 heterocycles. The average molecular weight is 1030 g/mol. The molecule has 0 bridgehead atoms. The maximum absolute atomic E-state index is 13.1. The molecule has 9 N–H and O–H groups in total. The Morgan fingerprint density at radius 3 is 1.40 bits per heavy atom.